The summed E-state index contributed by atoms with van der Waals surface area (Å²) in [6, 6.07) is 13.7. The Hall–Kier alpha value is -1.95. The third-order valence-electron chi connectivity index (χ3n) is 3.85. The van der Waals surface area contributed by atoms with Crippen LogP contribution in [-0.4, -0.2) is 45.1 Å². The molecule has 144 valence electrons. The molecule has 1 atom stereocenters. The van der Waals surface area contributed by atoms with Crippen molar-refractivity contribution in [2.24, 2.45) is 0 Å². The van der Waals surface area contributed by atoms with Crippen LogP contribution in [0.25, 0.3) is 0 Å². The molecule has 0 spiro atoms. The average Bonchev–Trinajstić information content (AvgIpc) is 2.63. The average molecular weight is 382 g/mol. The van der Waals surface area contributed by atoms with Crippen molar-refractivity contribution in [2.45, 2.75) is 19.4 Å². The van der Waals surface area contributed by atoms with Gasteiger partial charge < -0.3 is 24.6 Å². The van der Waals surface area contributed by atoms with Crippen LogP contribution >= 0.6 is 12.4 Å². The molecule has 2 N–H and O–H groups in total. The first-order valence-corrected chi connectivity index (χ1v) is 8.41. The summed E-state index contributed by atoms with van der Waals surface area (Å²) in [5, 5.41) is 13.2. The SMILES string of the molecule is COc1ccc(CCNC[C@H](O)COc2cccc(C)c2)cc1OC.Cl. The van der Waals surface area contributed by atoms with Gasteiger partial charge in [-0.3, -0.25) is 0 Å². The second kappa shape index (κ2) is 11.6. The summed E-state index contributed by atoms with van der Waals surface area (Å²) in [6.45, 7) is 3.53. The molecular formula is C20H28ClNO4. The lowest BCUT2D eigenvalue weighted by atomic mass is 10.1. The molecule has 0 amide bonds. The van der Waals surface area contributed by atoms with Crippen LogP contribution in [0.4, 0.5) is 0 Å². The van der Waals surface area contributed by atoms with Gasteiger partial charge in [0.05, 0.1) is 14.2 Å². The maximum atomic E-state index is 10.0. The van der Waals surface area contributed by atoms with Gasteiger partial charge in [-0.1, -0.05) is 18.2 Å². The minimum atomic E-state index is -0.550. The van der Waals surface area contributed by atoms with Gasteiger partial charge >= 0.3 is 0 Å². The number of aliphatic hydroxyl groups is 1. The van der Waals surface area contributed by atoms with Gasteiger partial charge in [0, 0.05) is 6.54 Å². The summed E-state index contributed by atoms with van der Waals surface area (Å²) in [7, 11) is 3.25. The number of hydrogen-bond donors (Lipinski definition) is 2. The van der Waals surface area contributed by atoms with Gasteiger partial charge in [-0.25, -0.2) is 0 Å². The van der Waals surface area contributed by atoms with Gasteiger partial charge in [-0.15, -0.1) is 12.4 Å². The molecule has 0 fully saturated rings. The first kappa shape index (κ1) is 22.1. The molecule has 0 aliphatic heterocycles. The summed E-state index contributed by atoms with van der Waals surface area (Å²) in [6.07, 6.45) is 0.289. The summed E-state index contributed by atoms with van der Waals surface area (Å²) in [4.78, 5) is 0. The minimum Gasteiger partial charge on any atom is -0.493 e. The number of benzene rings is 2. The van der Waals surface area contributed by atoms with Crippen LogP contribution in [0, 0.1) is 6.92 Å². The summed E-state index contributed by atoms with van der Waals surface area (Å²) in [5.41, 5.74) is 2.29. The van der Waals surface area contributed by atoms with Crippen LogP contribution in [-0.2, 0) is 6.42 Å². The van der Waals surface area contributed by atoms with E-state index >= 15 is 0 Å². The Labute approximate surface area is 161 Å². The number of methoxy groups -OCH3 is 2. The monoisotopic (exact) mass is 381 g/mol. The van der Waals surface area contributed by atoms with Crippen LogP contribution in [0.1, 0.15) is 11.1 Å². The molecule has 6 heteroatoms. The van der Waals surface area contributed by atoms with Crippen molar-refractivity contribution in [3.05, 3.63) is 53.6 Å². The summed E-state index contributed by atoms with van der Waals surface area (Å²) >= 11 is 0. The molecule has 2 aromatic rings. The fourth-order valence-electron chi connectivity index (χ4n) is 2.49. The maximum Gasteiger partial charge on any atom is 0.160 e. The smallest absolute Gasteiger partial charge is 0.160 e. The summed E-state index contributed by atoms with van der Waals surface area (Å²) in [5.74, 6) is 2.24. The Morgan fingerprint density at radius 1 is 1.04 bits per heavy atom. The topological polar surface area (TPSA) is 60.0 Å². The highest BCUT2D eigenvalue weighted by Crippen LogP contribution is 2.27. The molecule has 0 radical (unpaired) electrons. The molecule has 0 aromatic heterocycles. The molecule has 2 rings (SSSR count). The molecule has 5 nitrogen and oxygen atoms in total. The third-order valence-corrected chi connectivity index (χ3v) is 3.85. The predicted octanol–water partition coefficient (Wildman–Crippen LogP) is 3.01. The van der Waals surface area contributed by atoms with E-state index < -0.39 is 6.10 Å². The molecule has 0 saturated heterocycles. The molecule has 0 saturated carbocycles. The lowest BCUT2D eigenvalue weighted by Crippen LogP contribution is -2.32. The van der Waals surface area contributed by atoms with Crippen molar-refractivity contribution >= 4 is 12.4 Å². The quantitative estimate of drug-likeness (QED) is 0.619. The maximum absolute atomic E-state index is 10.0. The van der Waals surface area contributed by atoms with E-state index in [9.17, 15) is 5.11 Å². The van der Waals surface area contributed by atoms with Crippen molar-refractivity contribution in [1.29, 1.82) is 0 Å². The number of rotatable bonds is 10. The minimum absolute atomic E-state index is 0. The van der Waals surface area contributed by atoms with E-state index in [1.54, 1.807) is 14.2 Å². The number of aliphatic hydroxyl groups excluding tert-OH is 1. The molecular weight excluding hydrogens is 354 g/mol. The Balaban J connectivity index is 0.00000338. The normalized spacial score (nSPS) is 11.4. The van der Waals surface area contributed by atoms with Gasteiger partial charge in [0.25, 0.3) is 0 Å². The molecule has 0 heterocycles. The number of nitrogens with one attached hydrogen (secondary N) is 1. The standard InChI is InChI=1S/C20H27NO4.ClH/c1-15-5-4-6-18(11-15)25-14-17(22)13-21-10-9-16-7-8-19(23-2)20(12-16)24-3;/h4-8,11-12,17,21-22H,9-10,13-14H2,1-3H3;1H/t17-;/m0./s1. The highest BCUT2D eigenvalue weighted by Gasteiger charge is 2.07. The van der Waals surface area contributed by atoms with Gasteiger partial charge in [-0.2, -0.15) is 0 Å². The van der Waals surface area contributed by atoms with Crippen LogP contribution < -0.4 is 19.5 Å². The Morgan fingerprint density at radius 3 is 2.50 bits per heavy atom. The van der Waals surface area contributed by atoms with E-state index in [0.29, 0.717) is 6.54 Å². The molecule has 26 heavy (non-hydrogen) atoms. The second-order valence-electron chi connectivity index (χ2n) is 5.92. The van der Waals surface area contributed by atoms with Crippen molar-refractivity contribution in [2.75, 3.05) is 33.9 Å². The molecule has 0 bridgehead atoms. The highest BCUT2D eigenvalue weighted by atomic mass is 35.5. The van der Waals surface area contributed by atoms with Gasteiger partial charge in [0.2, 0.25) is 0 Å². The molecule has 2 aromatic carbocycles. The zero-order chi connectivity index (χ0) is 18.1. The first-order chi connectivity index (χ1) is 12.1. The zero-order valence-corrected chi connectivity index (χ0v) is 16.3. The number of ether oxygens (including phenoxy) is 3. The molecule has 0 unspecified atom stereocenters. The fourth-order valence-corrected chi connectivity index (χ4v) is 2.49. The van der Waals surface area contributed by atoms with Gasteiger partial charge in [0.15, 0.2) is 11.5 Å². The van der Waals surface area contributed by atoms with Crippen LogP contribution in [0.15, 0.2) is 42.5 Å². The molecule has 0 aliphatic rings. The Kier molecular flexibility index (Phi) is 9.88. The lowest BCUT2D eigenvalue weighted by molar-refractivity contribution is 0.106. The van der Waals surface area contributed by atoms with E-state index in [1.807, 2.05) is 49.4 Å². The van der Waals surface area contributed by atoms with Crippen molar-refractivity contribution in [1.82, 2.24) is 5.32 Å². The zero-order valence-electron chi connectivity index (χ0n) is 15.5. The van der Waals surface area contributed by atoms with Crippen LogP contribution in [0.2, 0.25) is 0 Å². The van der Waals surface area contributed by atoms with E-state index in [2.05, 4.69) is 5.32 Å². The van der Waals surface area contributed by atoms with Crippen LogP contribution in [0.3, 0.4) is 0 Å². The van der Waals surface area contributed by atoms with Crippen molar-refractivity contribution < 1.29 is 19.3 Å². The fraction of sp³-hybridized carbons (Fsp3) is 0.400. The largest absolute Gasteiger partial charge is 0.493 e. The van der Waals surface area contributed by atoms with E-state index in [-0.39, 0.29) is 19.0 Å². The van der Waals surface area contributed by atoms with E-state index in [0.717, 1.165) is 41.3 Å². The van der Waals surface area contributed by atoms with Crippen LogP contribution in [0.5, 0.6) is 17.2 Å². The number of halogens is 1. The van der Waals surface area contributed by atoms with Crippen molar-refractivity contribution in [3.63, 3.8) is 0 Å². The first-order valence-electron chi connectivity index (χ1n) is 8.41. The predicted molar refractivity (Wildman–Crippen MR) is 106 cm³/mol. The number of hydrogen-bond acceptors (Lipinski definition) is 5. The van der Waals surface area contributed by atoms with Gasteiger partial charge in [-0.05, 0) is 55.3 Å². The number of aryl methyl sites for hydroxylation is 1. The molecule has 0 aliphatic carbocycles. The van der Waals surface area contributed by atoms with E-state index in [4.69, 9.17) is 14.2 Å². The third kappa shape index (κ3) is 7.12. The Morgan fingerprint density at radius 2 is 1.81 bits per heavy atom. The second-order valence-corrected chi connectivity index (χ2v) is 5.92. The van der Waals surface area contributed by atoms with Crippen molar-refractivity contribution in [3.8, 4) is 17.2 Å². The highest BCUT2D eigenvalue weighted by molar-refractivity contribution is 5.85. The Bertz CT molecular complexity index is 666. The van der Waals surface area contributed by atoms with Gasteiger partial charge in [0.1, 0.15) is 18.5 Å². The van der Waals surface area contributed by atoms with E-state index in [1.165, 1.54) is 0 Å². The lowest BCUT2D eigenvalue weighted by Gasteiger charge is -2.14. The summed E-state index contributed by atoms with van der Waals surface area (Å²) < 4.78 is 16.1.